The lowest BCUT2D eigenvalue weighted by atomic mass is 10.3. The number of thiophene rings is 1. The fraction of sp³-hybridized carbons (Fsp3) is 0.417. The van der Waals surface area contributed by atoms with Gasteiger partial charge < -0.3 is 9.64 Å². The third-order valence-corrected chi connectivity index (χ3v) is 3.98. The van der Waals surface area contributed by atoms with Crippen molar-refractivity contribution in [1.82, 2.24) is 4.98 Å². The molecule has 0 saturated carbocycles. The molecule has 0 radical (unpaired) electrons. The molecule has 0 spiro atoms. The highest BCUT2D eigenvalue weighted by Gasteiger charge is 2.12. The minimum absolute atomic E-state index is 0.313. The highest BCUT2D eigenvalue weighted by Crippen LogP contribution is 2.28. The lowest BCUT2D eigenvalue weighted by Gasteiger charge is -2.21. The molecule has 3 nitrogen and oxygen atoms in total. The van der Waals surface area contributed by atoms with Gasteiger partial charge in [0.1, 0.15) is 5.82 Å². The quantitative estimate of drug-likeness (QED) is 0.793. The van der Waals surface area contributed by atoms with Crippen LogP contribution >= 0.6 is 27.3 Å². The van der Waals surface area contributed by atoms with Crippen LogP contribution in [0, 0.1) is 0 Å². The molecule has 0 aliphatic rings. The fourth-order valence-corrected chi connectivity index (χ4v) is 3.28. The number of nitrogens with zero attached hydrogens (tertiary/aromatic N) is 2. The summed E-state index contributed by atoms with van der Waals surface area (Å²) in [7, 11) is 3.77. The molecule has 92 valence electrons. The van der Waals surface area contributed by atoms with Gasteiger partial charge in [0.25, 0.3) is 0 Å². The van der Waals surface area contributed by atoms with Gasteiger partial charge >= 0.3 is 0 Å². The third kappa shape index (κ3) is 2.97. The third-order valence-electron chi connectivity index (χ3n) is 2.54. The van der Waals surface area contributed by atoms with Crippen LogP contribution in [0.15, 0.2) is 23.7 Å². The Morgan fingerprint density at radius 1 is 1.53 bits per heavy atom. The molecule has 2 aromatic heterocycles. The molecule has 0 aromatic carbocycles. The van der Waals surface area contributed by atoms with E-state index in [1.165, 1.54) is 10.1 Å². The molecule has 2 rings (SSSR count). The van der Waals surface area contributed by atoms with Gasteiger partial charge in [0.05, 0.1) is 11.4 Å². The van der Waals surface area contributed by atoms with Crippen LogP contribution in [-0.2, 0) is 4.74 Å². The molecule has 17 heavy (non-hydrogen) atoms. The lowest BCUT2D eigenvalue weighted by molar-refractivity contribution is 0.201. The largest absolute Gasteiger partial charge is 0.383 e. The van der Waals surface area contributed by atoms with Crippen LogP contribution in [0.1, 0.15) is 0 Å². The van der Waals surface area contributed by atoms with E-state index in [1.54, 1.807) is 18.4 Å². The number of rotatable bonds is 5. The van der Waals surface area contributed by atoms with Gasteiger partial charge in [0.15, 0.2) is 0 Å². The summed E-state index contributed by atoms with van der Waals surface area (Å²) >= 11 is 5.34. The number of hydrogen-bond donors (Lipinski definition) is 0. The van der Waals surface area contributed by atoms with E-state index >= 15 is 0 Å². The number of methoxy groups -OCH3 is 1. The Morgan fingerprint density at radius 3 is 3.12 bits per heavy atom. The summed E-state index contributed by atoms with van der Waals surface area (Å²) in [5.41, 5.74) is 0. The van der Waals surface area contributed by atoms with Crippen LogP contribution in [0.3, 0.4) is 0 Å². The van der Waals surface area contributed by atoms with Crippen molar-refractivity contribution in [3.05, 3.63) is 23.7 Å². The van der Waals surface area contributed by atoms with E-state index in [0.717, 1.165) is 12.4 Å². The first-order valence-electron chi connectivity index (χ1n) is 5.38. The van der Waals surface area contributed by atoms with Crippen molar-refractivity contribution in [3.8, 4) is 0 Å². The molecule has 1 unspecified atom stereocenters. The minimum Gasteiger partial charge on any atom is -0.383 e. The normalized spacial score (nSPS) is 12.9. The maximum absolute atomic E-state index is 5.12. The van der Waals surface area contributed by atoms with Crippen LogP contribution in [-0.4, -0.2) is 37.1 Å². The second kappa shape index (κ2) is 5.80. The molecule has 2 aromatic rings. The zero-order valence-corrected chi connectivity index (χ0v) is 12.3. The van der Waals surface area contributed by atoms with E-state index in [0.29, 0.717) is 11.4 Å². The first-order valence-corrected chi connectivity index (χ1v) is 7.18. The first kappa shape index (κ1) is 12.8. The van der Waals surface area contributed by atoms with Crippen molar-refractivity contribution in [2.24, 2.45) is 0 Å². The number of anilines is 1. The number of aromatic nitrogens is 1. The fourth-order valence-electron chi connectivity index (χ4n) is 1.80. The van der Waals surface area contributed by atoms with Gasteiger partial charge in [-0.3, -0.25) is 0 Å². The van der Waals surface area contributed by atoms with Crippen LogP contribution in [0.5, 0.6) is 0 Å². The highest BCUT2D eigenvalue weighted by atomic mass is 79.9. The monoisotopic (exact) mass is 314 g/mol. The predicted molar refractivity (Wildman–Crippen MR) is 77.5 cm³/mol. The zero-order valence-electron chi connectivity index (χ0n) is 9.89. The molecule has 2 heterocycles. The maximum atomic E-state index is 5.12. The van der Waals surface area contributed by atoms with Gasteiger partial charge in [-0.05, 0) is 17.5 Å². The lowest BCUT2D eigenvalue weighted by Crippen LogP contribution is -2.28. The number of alkyl halides is 1. The summed E-state index contributed by atoms with van der Waals surface area (Å²) in [5, 5.41) is 3.32. The summed E-state index contributed by atoms with van der Waals surface area (Å²) in [6, 6.07) is 4.18. The van der Waals surface area contributed by atoms with E-state index in [2.05, 4.69) is 50.4 Å². The van der Waals surface area contributed by atoms with Gasteiger partial charge in [-0.1, -0.05) is 15.9 Å². The Hall–Kier alpha value is -0.650. The molecule has 0 N–H and O–H groups in total. The maximum Gasteiger partial charge on any atom is 0.137 e. The second-order valence-corrected chi connectivity index (χ2v) is 6.14. The van der Waals surface area contributed by atoms with Crippen molar-refractivity contribution >= 4 is 43.2 Å². The van der Waals surface area contributed by atoms with Crippen LogP contribution < -0.4 is 4.90 Å². The van der Waals surface area contributed by atoms with E-state index in [4.69, 9.17) is 4.74 Å². The Morgan fingerprint density at radius 2 is 2.35 bits per heavy atom. The van der Waals surface area contributed by atoms with Crippen LogP contribution in [0.2, 0.25) is 0 Å². The SMILES string of the molecule is COCC(Br)CN(C)c1nccc2sccc12. The average Bonchev–Trinajstić information content (AvgIpc) is 2.76. The second-order valence-electron chi connectivity index (χ2n) is 3.90. The number of fused-ring (bicyclic) bond motifs is 1. The summed E-state index contributed by atoms with van der Waals surface area (Å²) in [6.45, 7) is 1.57. The first-order chi connectivity index (χ1) is 8.22. The van der Waals surface area contributed by atoms with E-state index < -0.39 is 0 Å². The van der Waals surface area contributed by atoms with Crippen molar-refractivity contribution in [3.63, 3.8) is 0 Å². The van der Waals surface area contributed by atoms with E-state index in [9.17, 15) is 0 Å². The van der Waals surface area contributed by atoms with E-state index in [1.807, 2.05) is 6.20 Å². The number of pyridine rings is 1. The van der Waals surface area contributed by atoms with Gasteiger partial charge in [-0.2, -0.15) is 0 Å². The highest BCUT2D eigenvalue weighted by molar-refractivity contribution is 9.09. The van der Waals surface area contributed by atoms with Gasteiger partial charge in [0, 0.05) is 37.0 Å². The molecule has 0 fully saturated rings. The average molecular weight is 315 g/mol. The molecule has 0 aliphatic carbocycles. The van der Waals surface area contributed by atoms with Crippen molar-refractivity contribution in [2.75, 3.05) is 32.2 Å². The topological polar surface area (TPSA) is 25.4 Å². The molecular formula is C12H15BrN2OS. The number of hydrogen-bond acceptors (Lipinski definition) is 4. The predicted octanol–water partition coefficient (Wildman–Crippen LogP) is 3.14. The Balaban J connectivity index is 2.18. The summed E-state index contributed by atoms with van der Waals surface area (Å²) in [4.78, 5) is 6.94. The Bertz CT molecular complexity index is 488. The number of ether oxygens (including phenoxy) is 1. The Labute approximate surface area is 114 Å². The van der Waals surface area contributed by atoms with E-state index in [-0.39, 0.29) is 0 Å². The summed E-state index contributed by atoms with van der Waals surface area (Å²) < 4.78 is 6.40. The summed E-state index contributed by atoms with van der Waals surface area (Å²) in [5.74, 6) is 1.03. The van der Waals surface area contributed by atoms with Gasteiger partial charge in [-0.25, -0.2) is 4.98 Å². The molecule has 0 saturated heterocycles. The van der Waals surface area contributed by atoms with Gasteiger partial charge in [-0.15, -0.1) is 11.3 Å². The molecule has 0 aliphatic heterocycles. The summed E-state index contributed by atoms with van der Waals surface area (Å²) in [6.07, 6.45) is 1.87. The van der Waals surface area contributed by atoms with Crippen LogP contribution in [0.4, 0.5) is 5.82 Å². The smallest absolute Gasteiger partial charge is 0.137 e. The zero-order chi connectivity index (χ0) is 12.3. The molecule has 5 heteroatoms. The number of halogens is 1. The standard InChI is InChI=1S/C12H15BrN2OS/c1-15(7-9(13)8-16-2)12-10-4-6-17-11(10)3-5-14-12/h3-6,9H,7-8H2,1-2H3. The minimum atomic E-state index is 0.313. The molecule has 0 amide bonds. The van der Waals surface area contributed by atoms with Crippen molar-refractivity contribution in [2.45, 2.75) is 4.83 Å². The molecule has 0 bridgehead atoms. The van der Waals surface area contributed by atoms with Gasteiger partial charge in [0.2, 0.25) is 0 Å². The van der Waals surface area contributed by atoms with Crippen molar-refractivity contribution in [1.29, 1.82) is 0 Å². The molecular weight excluding hydrogens is 300 g/mol. The molecule has 1 atom stereocenters. The van der Waals surface area contributed by atoms with Crippen LogP contribution in [0.25, 0.3) is 10.1 Å². The Kier molecular flexibility index (Phi) is 4.36. The van der Waals surface area contributed by atoms with Crippen molar-refractivity contribution < 1.29 is 4.74 Å².